The minimum absolute atomic E-state index is 0.0785. The Morgan fingerprint density at radius 1 is 1.32 bits per heavy atom. The molecule has 0 aliphatic carbocycles. The lowest BCUT2D eigenvalue weighted by Crippen LogP contribution is -2.51. The summed E-state index contributed by atoms with van der Waals surface area (Å²) in [5.74, 6) is -0.101. The van der Waals surface area contributed by atoms with Crippen LogP contribution in [-0.2, 0) is 4.79 Å². The third-order valence-electron chi connectivity index (χ3n) is 3.07. The molecule has 0 heterocycles. The van der Waals surface area contributed by atoms with Crippen LogP contribution in [0.25, 0.3) is 0 Å². The standard InChI is InChI=1S/C14H20BrNO3/c1-10(11-3-5-12(15)6-4-11)7-13(19)16-14(2,8-17)9-18/h3-6,10,17-18H,7-9H2,1-2H3,(H,16,19). The number of rotatable bonds is 6. The monoisotopic (exact) mass is 329 g/mol. The van der Waals surface area contributed by atoms with E-state index in [1.807, 2.05) is 31.2 Å². The summed E-state index contributed by atoms with van der Waals surface area (Å²) in [6.07, 6.45) is 0.317. The van der Waals surface area contributed by atoms with Crippen molar-refractivity contribution in [2.45, 2.75) is 31.7 Å². The van der Waals surface area contributed by atoms with Crippen LogP contribution in [0.4, 0.5) is 0 Å². The van der Waals surface area contributed by atoms with Gasteiger partial charge in [0.05, 0.1) is 18.8 Å². The SMILES string of the molecule is CC(CC(=O)NC(C)(CO)CO)c1ccc(Br)cc1. The van der Waals surface area contributed by atoms with Gasteiger partial charge in [0.15, 0.2) is 0 Å². The predicted molar refractivity (Wildman–Crippen MR) is 77.9 cm³/mol. The van der Waals surface area contributed by atoms with Gasteiger partial charge in [-0.15, -0.1) is 0 Å². The van der Waals surface area contributed by atoms with Gasteiger partial charge in [-0.2, -0.15) is 0 Å². The van der Waals surface area contributed by atoms with E-state index in [0.29, 0.717) is 6.42 Å². The molecule has 19 heavy (non-hydrogen) atoms. The second kappa shape index (κ2) is 7.03. The summed E-state index contributed by atoms with van der Waals surface area (Å²) in [5.41, 5.74) is 0.115. The Balaban J connectivity index is 2.59. The predicted octanol–water partition coefficient (Wildman–Crippen LogP) is 1.80. The molecular formula is C14H20BrNO3. The second-order valence-corrected chi connectivity index (χ2v) is 6.00. The van der Waals surface area contributed by atoms with Gasteiger partial charge >= 0.3 is 0 Å². The zero-order valence-electron chi connectivity index (χ0n) is 11.2. The van der Waals surface area contributed by atoms with E-state index in [4.69, 9.17) is 10.2 Å². The van der Waals surface area contributed by atoms with Crippen LogP contribution >= 0.6 is 15.9 Å². The van der Waals surface area contributed by atoms with Gasteiger partial charge in [-0.25, -0.2) is 0 Å². The second-order valence-electron chi connectivity index (χ2n) is 5.08. The zero-order chi connectivity index (χ0) is 14.5. The Morgan fingerprint density at radius 2 is 1.84 bits per heavy atom. The molecule has 106 valence electrons. The summed E-state index contributed by atoms with van der Waals surface area (Å²) in [4.78, 5) is 11.9. The van der Waals surface area contributed by atoms with Crippen molar-refractivity contribution in [3.63, 3.8) is 0 Å². The van der Waals surface area contributed by atoms with Crippen LogP contribution in [0.15, 0.2) is 28.7 Å². The quantitative estimate of drug-likeness (QED) is 0.745. The molecule has 1 aromatic carbocycles. The number of nitrogens with one attached hydrogen (secondary N) is 1. The van der Waals surface area contributed by atoms with Crippen molar-refractivity contribution in [2.75, 3.05) is 13.2 Å². The van der Waals surface area contributed by atoms with Crippen molar-refractivity contribution in [3.8, 4) is 0 Å². The van der Waals surface area contributed by atoms with Crippen LogP contribution in [0.3, 0.4) is 0 Å². The first-order chi connectivity index (χ1) is 8.90. The zero-order valence-corrected chi connectivity index (χ0v) is 12.8. The molecular weight excluding hydrogens is 310 g/mol. The van der Waals surface area contributed by atoms with Crippen molar-refractivity contribution in [1.29, 1.82) is 0 Å². The van der Waals surface area contributed by atoms with Crippen molar-refractivity contribution < 1.29 is 15.0 Å². The van der Waals surface area contributed by atoms with Gasteiger partial charge in [0.2, 0.25) is 5.91 Å². The van der Waals surface area contributed by atoms with Gasteiger partial charge in [0, 0.05) is 10.9 Å². The molecule has 0 aliphatic rings. The number of carbonyl (C=O) groups excluding carboxylic acids is 1. The van der Waals surface area contributed by atoms with E-state index in [9.17, 15) is 4.79 Å². The molecule has 0 radical (unpaired) electrons. The third-order valence-corrected chi connectivity index (χ3v) is 3.60. The van der Waals surface area contributed by atoms with Crippen molar-refractivity contribution in [3.05, 3.63) is 34.3 Å². The number of aliphatic hydroxyl groups is 2. The fourth-order valence-corrected chi connectivity index (χ4v) is 1.97. The average Bonchev–Trinajstić information content (AvgIpc) is 2.39. The molecule has 0 saturated heterocycles. The third kappa shape index (κ3) is 4.93. The van der Waals surface area contributed by atoms with Crippen molar-refractivity contribution in [1.82, 2.24) is 5.32 Å². The highest BCUT2D eigenvalue weighted by Gasteiger charge is 2.25. The molecule has 0 bridgehead atoms. The Bertz CT molecular complexity index is 415. The number of amides is 1. The number of benzene rings is 1. The highest BCUT2D eigenvalue weighted by molar-refractivity contribution is 9.10. The van der Waals surface area contributed by atoms with Gasteiger partial charge < -0.3 is 15.5 Å². The molecule has 5 heteroatoms. The molecule has 4 nitrogen and oxygen atoms in total. The van der Waals surface area contributed by atoms with Crippen LogP contribution in [-0.4, -0.2) is 34.9 Å². The summed E-state index contributed by atoms with van der Waals surface area (Å²) >= 11 is 3.37. The van der Waals surface area contributed by atoms with Crippen LogP contribution in [0.1, 0.15) is 31.7 Å². The summed E-state index contributed by atoms with van der Waals surface area (Å²) in [7, 11) is 0. The molecule has 0 saturated carbocycles. The Hall–Kier alpha value is -0.910. The number of hydrogen-bond acceptors (Lipinski definition) is 3. The van der Waals surface area contributed by atoms with E-state index in [2.05, 4.69) is 21.2 Å². The molecule has 0 spiro atoms. The highest BCUT2D eigenvalue weighted by atomic mass is 79.9. The molecule has 0 aliphatic heterocycles. The maximum Gasteiger partial charge on any atom is 0.221 e. The number of carbonyl (C=O) groups is 1. The van der Waals surface area contributed by atoms with E-state index in [-0.39, 0.29) is 25.0 Å². The summed E-state index contributed by atoms with van der Waals surface area (Å²) in [5, 5.41) is 20.9. The van der Waals surface area contributed by atoms with Crippen molar-refractivity contribution in [2.24, 2.45) is 0 Å². The number of aliphatic hydroxyl groups excluding tert-OH is 2. The van der Waals surface area contributed by atoms with Crippen molar-refractivity contribution >= 4 is 21.8 Å². The first kappa shape index (κ1) is 16.1. The lowest BCUT2D eigenvalue weighted by Gasteiger charge is -2.27. The molecule has 1 unspecified atom stereocenters. The largest absolute Gasteiger partial charge is 0.394 e. The minimum Gasteiger partial charge on any atom is -0.394 e. The molecule has 1 rings (SSSR count). The highest BCUT2D eigenvalue weighted by Crippen LogP contribution is 2.21. The first-order valence-corrected chi connectivity index (χ1v) is 6.97. The summed E-state index contributed by atoms with van der Waals surface area (Å²) < 4.78 is 1.00. The Morgan fingerprint density at radius 3 is 2.32 bits per heavy atom. The lowest BCUT2D eigenvalue weighted by atomic mass is 9.96. The van der Waals surface area contributed by atoms with Gasteiger partial charge in [-0.3, -0.25) is 4.79 Å². The van der Waals surface area contributed by atoms with Crippen LogP contribution in [0.5, 0.6) is 0 Å². The smallest absolute Gasteiger partial charge is 0.221 e. The van der Waals surface area contributed by atoms with Crippen LogP contribution in [0, 0.1) is 0 Å². The summed E-state index contributed by atoms with van der Waals surface area (Å²) in [6, 6.07) is 7.82. The first-order valence-electron chi connectivity index (χ1n) is 6.18. The normalized spacial score (nSPS) is 13.1. The van der Waals surface area contributed by atoms with Gasteiger partial charge in [0.1, 0.15) is 0 Å². The van der Waals surface area contributed by atoms with Gasteiger partial charge in [0.25, 0.3) is 0 Å². The van der Waals surface area contributed by atoms with E-state index < -0.39 is 5.54 Å². The lowest BCUT2D eigenvalue weighted by molar-refractivity contribution is -0.124. The fraction of sp³-hybridized carbons (Fsp3) is 0.500. The van der Waals surface area contributed by atoms with Crippen LogP contribution in [0.2, 0.25) is 0 Å². The van der Waals surface area contributed by atoms with E-state index in [1.165, 1.54) is 0 Å². The molecule has 3 N–H and O–H groups in total. The molecule has 1 amide bonds. The average molecular weight is 330 g/mol. The van der Waals surface area contributed by atoms with E-state index in [1.54, 1.807) is 6.92 Å². The number of hydrogen-bond donors (Lipinski definition) is 3. The Kier molecular flexibility index (Phi) is 5.97. The van der Waals surface area contributed by atoms with E-state index in [0.717, 1.165) is 10.0 Å². The Labute approximate surface area is 122 Å². The van der Waals surface area contributed by atoms with Crippen LogP contribution < -0.4 is 5.32 Å². The molecule has 1 atom stereocenters. The topological polar surface area (TPSA) is 69.6 Å². The number of halogens is 1. The molecule has 1 aromatic rings. The maximum atomic E-state index is 11.9. The minimum atomic E-state index is -0.962. The van der Waals surface area contributed by atoms with E-state index >= 15 is 0 Å². The maximum absolute atomic E-state index is 11.9. The molecule has 0 aromatic heterocycles. The van der Waals surface area contributed by atoms with Gasteiger partial charge in [-0.05, 0) is 30.5 Å². The fourth-order valence-electron chi connectivity index (χ4n) is 1.70. The van der Waals surface area contributed by atoms with Gasteiger partial charge in [-0.1, -0.05) is 35.0 Å². The summed E-state index contributed by atoms with van der Waals surface area (Å²) in [6.45, 7) is 3.00. The molecule has 0 fully saturated rings.